The first-order valence-electron chi connectivity index (χ1n) is 7.04. The molecule has 4 heterocycles. The Hall–Kier alpha value is -3.13. The van der Waals surface area contributed by atoms with Gasteiger partial charge in [-0.25, -0.2) is 4.98 Å². The molecule has 0 aliphatic rings. The summed E-state index contributed by atoms with van der Waals surface area (Å²) in [6.45, 7) is 1.72. The van der Waals surface area contributed by atoms with E-state index < -0.39 is 5.91 Å². The Balaban J connectivity index is 1.69. The molecule has 0 spiro atoms. The van der Waals surface area contributed by atoms with Crippen molar-refractivity contribution in [1.82, 2.24) is 10.1 Å². The molecule has 4 aromatic heterocycles. The standard InChI is InChI=1S/C16H11N3O4S/c1-9-8-10(19-23-9)15(20)18-16-17-13(11-4-2-6-21-11)14(24-16)12-5-3-7-22-12/h2-8H,1H3,(H,17,18,20). The van der Waals surface area contributed by atoms with Crippen molar-refractivity contribution in [2.45, 2.75) is 6.92 Å². The van der Waals surface area contributed by atoms with Crippen molar-refractivity contribution < 1.29 is 18.2 Å². The summed E-state index contributed by atoms with van der Waals surface area (Å²) in [6.07, 6.45) is 3.15. The number of nitrogens with zero attached hydrogens (tertiary/aromatic N) is 2. The highest BCUT2D eigenvalue weighted by Crippen LogP contribution is 2.39. The van der Waals surface area contributed by atoms with Gasteiger partial charge >= 0.3 is 0 Å². The molecule has 4 rings (SSSR count). The maximum absolute atomic E-state index is 12.2. The molecule has 0 aliphatic carbocycles. The van der Waals surface area contributed by atoms with E-state index in [0.29, 0.717) is 28.1 Å². The van der Waals surface area contributed by atoms with Crippen molar-refractivity contribution in [2.75, 3.05) is 5.32 Å². The Morgan fingerprint density at radius 1 is 1.17 bits per heavy atom. The molecular weight excluding hydrogens is 330 g/mol. The van der Waals surface area contributed by atoms with Crippen molar-refractivity contribution >= 4 is 22.4 Å². The number of furan rings is 2. The maximum atomic E-state index is 12.2. The van der Waals surface area contributed by atoms with Crippen LogP contribution in [0.2, 0.25) is 0 Å². The number of aryl methyl sites for hydroxylation is 1. The van der Waals surface area contributed by atoms with E-state index in [1.807, 2.05) is 6.07 Å². The fraction of sp³-hybridized carbons (Fsp3) is 0.0625. The summed E-state index contributed by atoms with van der Waals surface area (Å²) in [4.78, 5) is 17.4. The second kappa shape index (κ2) is 5.82. The van der Waals surface area contributed by atoms with E-state index in [2.05, 4.69) is 15.5 Å². The third-order valence-electron chi connectivity index (χ3n) is 3.21. The summed E-state index contributed by atoms with van der Waals surface area (Å²) < 4.78 is 15.8. The van der Waals surface area contributed by atoms with Crippen molar-refractivity contribution in [3.8, 4) is 22.1 Å². The minimum absolute atomic E-state index is 0.196. The Kier molecular flexibility index (Phi) is 3.51. The van der Waals surface area contributed by atoms with E-state index in [4.69, 9.17) is 13.4 Å². The molecule has 0 fully saturated rings. The number of hydrogen-bond donors (Lipinski definition) is 1. The summed E-state index contributed by atoms with van der Waals surface area (Å²) in [5, 5.41) is 6.83. The normalized spacial score (nSPS) is 10.9. The molecular formula is C16H11N3O4S. The molecule has 0 saturated carbocycles. The van der Waals surface area contributed by atoms with Crippen LogP contribution in [0.4, 0.5) is 5.13 Å². The summed E-state index contributed by atoms with van der Waals surface area (Å²) in [5.74, 6) is 1.41. The average Bonchev–Trinajstić information content (AvgIpc) is 3.34. The number of hydrogen-bond acceptors (Lipinski definition) is 7. The van der Waals surface area contributed by atoms with Gasteiger partial charge in [0.2, 0.25) is 0 Å². The third-order valence-corrected chi connectivity index (χ3v) is 4.19. The van der Waals surface area contributed by atoms with Crippen LogP contribution in [0, 0.1) is 6.92 Å². The Morgan fingerprint density at radius 3 is 2.54 bits per heavy atom. The summed E-state index contributed by atoms with van der Waals surface area (Å²) in [7, 11) is 0. The molecule has 0 aliphatic heterocycles. The first-order valence-corrected chi connectivity index (χ1v) is 7.85. The molecule has 0 radical (unpaired) electrons. The first kappa shape index (κ1) is 14.5. The van der Waals surface area contributed by atoms with E-state index in [9.17, 15) is 4.79 Å². The van der Waals surface area contributed by atoms with E-state index in [0.717, 1.165) is 4.88 Å². The smallest absolute Gasteiger partial charge is 0.279 e. The van der Waals surface area contributed by atoms with Gasteiger partial charge in [-0.1, -0.05) is 16.5 Å². The summed E-state index contributed by atoms with van der Waals surface area (Å²) in [5.41, 5.74) is 0.799. The molecule has 0 atom stereocenters. The highest BCUT2D eigenvalue weighted by Gasteiger charge is 2.21. The van der Waals surface area contributed by atoms with E-state index in [1.54, 1.807) is 43.7 Å². The molecule has 1 N–H and O–H groups in total. The largest absolute Gasteiger partial charge is 0.463 e. The van der Waals surface area contributed by atoms with Gasteiger partial charge in [0, 0.05) is 6.07 Å². The number of anilines is 1. The van der Waals surface area contributed by atoms with Gasteiger partial charge in [0.25, 0.3) is 5.91 Å². The number of carbonyl (C=O) groups excluding carboxylic acids is 1. The van der Waals surface area contributed by atoms with Crippen LogP contribution in [-0.2, 0) is 0 Å². The van der Waals surface area contributed by atoms with E-state index >= 15 is 0 Å². The zero-order valence-corrected chi connectivity index (χ0v) is 13.3. The number of rotatable bonds is 4. The quantitative estimate of drug-likeness (QED) is 0.597. The molecule has 0 saturated heterocycles. The molecule has 0 unspecified atom stereocenters. The van der Waals surface area contributed by atoms with Crippen molar-refractivity contribution in [2.24, 2.45) is 0 Å². The lowest BCUT2D eigenvalue weighted by Gasteiger charge is -1.95. The van der Waals surface area contributed by atoms with Crippen molar-refractivity contribution in [1.29, 1.82) is 0 Å². The molecule has 4 aromatic rings. The molecule has 0 aromatic carbocycles. The van der Waals surface area contributed by atoms with Gasteiger partial charge in [0.15, 0.2) is 16.6 Å². The summed E-state index contributed by atoms with van der Waals surface area (Å²) in [6, 6.07) is 8.75. The van der Waals surface area contributed by atoms with Crippen LogP contribution in [0.1, 0.15) is 16.2 Å². The molecule has 0 bridgehead atoms. The highest BCUT2D eigenvalue weighted by molar-refractivity contribution is 7.19. The predicted molar refractivity (Wildman–Crippen MR) is 86.7 cm³/mol. The van der Waals surface area contributed by atoms with Crippen LogP contribution >= 0.6 is 11.3 Å². The number of carbonyl (C=O) groups is 1. The fourth-order valence-corrected chi connectivity index (χ4v) is 3.10. The zero-order chi connectivity index (χ0) is 16.5. The second-order valence-electron chi connectivity index (χ2n) is 4.93. The molecule has 8 heteroatoms. The third kappa shape index (κ3) is 2.63. The van der Waals surface area contributed by atoms with Crippen LogP contribution in [0.5, 0.6) is 0 Å². The van der Waals surface area contributed by atoms with Crippen LogP contribution in [0.25, 0.3) is 22.1 Å². The topological polar surface area (TPSA) is 94.3 Å². The van der Waals surface area contributed by atoms with E-state index in [1.165, 1.54) is 11.3 Å². The van der Waals surface area contributed by atoms with Gasteiger partial charge in [0.1, 0.15) is 22.1 Å². The Bertz CT molecular complexity index is 915. The maximum Gasteiger partial charge on any atom is 0.279 e. The molecule has 1 amide bonds. The molecule has 24 heavy (non-hydrogen) atoms. The van der Waals surface area contributed by atoms with Crippen LogP contribution in [-0.4, -0.2) is 16.0 Å². The van der Waals surface area contributed by atoms with E-state index in [-0.39, 0.29) is 5.69 Å². The van der Waals surface area contributed by atoms with Gasteiger partial charge in [0.05, 0.1) is 12.5 Å². The average molecular weight is 341 g/mol. The van der Waals surface area contributed by atoms with Gasteiger partial charge in [-0.3, -0.25) is 10.1 Å². The van der Waals surface area contributed by atoms with Crippen LogP contribution in [0.3, 0.4) is 0 Å². The predicted octanol–water partition coefficient (Wildman–Crippen LogP) is 4.21. The van der Waals surface area contributed by atoms with Gasteiger partial charge in [-0.05, 0) is 31.2 Å². The Morgan fingerprint density at radius 2 is 1.92 bits per heavy atom. The van der Waals surface area contributed by atoms with Gasteiger partial charge < -0.3 is 13.4 Å². The zero-order valence-electron chi connectivity index (χ0n) is 12.5. The van der Waals surface area contributed by atoms with Crippen LogP contribution < -0.4 is 5.32 Å². The lowest BCUT2D eigenvalue weighted by molar-refractivity contribution is 0.101. The minimum Gasteiger partial charge on any atom is -0.463 e. The SMILES string of the molecule is Cc1cc(C(=O)Nc2nc(-c3ccco3)c(-c3ccco3)s2)no1. The lowest BCUT2D eigenvalue weighted by Crippen LogP contribution is -2.11. The second-order valence-corrected chi connectivity index (χ2v) is 5.93. The minimum atomic E-state index is -0.391. The monoisotopic (exact) mass is 341 g/mol. The van der Waals surface area contributed by atoms with Crippen LogP contribution in [0.15, 0.2) is 56.2 Å². The molecule has 7 nitrogen and oxygen atoms in total. The number of amides is 1. The molecule has 120 valence electrons. The summed E-state index contributed by atoms with van der Waals surface area (Å²) >= 11 is 1.29. The highest BCUT2D eigenvalue weighted by atomic mass is 32.1. The number of thiazole rings is 1. The van der Waals surface area contributed by atoms with Crippen molar-refractivity contribution in [3.05, 3.63) is 54.3 Å². The van der Waals surface area contributed by atoms with Crippen molar-refractivity contribution in [3.63, 3.8) is 0 Å². The number of aromatic nitrogens is 2. The number of nitrogens with one attached hydrogen (secondary N) is 1. The van der Waals surface area contributed by atoms with Gasteiger partial charge in [-0.15, -0.1) is 0 Å². The van der Waals surface area contributed by atoms with Gasteiger partial charge in [-0.2, -0.15) is 0 Å². The first-order chi connectivity index (χ1) is 11.7. The fourth-order valence-electron chi connectivity index (χ4n) is 2.16. The Labute approximate surface area is 139 Å². The lowest BCUT2D eigenvalue weighted by atomic mass is 10.2.